The number of benzene rings is 1. The number of hydrogen-bond donors (Lipinski definition) is 1. The largest absolute Gasteiger partial charge is 0.508 e. The number of hydrogen-bond acceptors (Lipinski definition) is 5. The molecule has 19 heavy (non-hydrogen) atoms. The number of rotatable bonds is 4. The van der Waals surface area contributed by atoms with Crippen LogP contribution in [0.3, 0.4) is 0 Å². The molecule has 8 heteroatoms. The summed E-state index contributed by atoms with van der Waals surface area (Å²) in [6, 6.07) is 6.68. The minimum absolute atomic E-state index is 0.207. The minimum atomic E-state index is -0.580. The number of phenolic OH excluding ortho intramolecular Hbond substituents is 1. The Morgan fingerprint density at radius 3 is 2.68 bits per heavy atom. The number of alkyl halides is 2. The van der Waals surface area contributed by atoms with Crippen molar-refractivity contribution < 1.29 is 5.11 Å². The van der Waals surface area contributed by atoms with Crippen LogP contribution in [-0.4, -0.2) is 35.4 Å². The molecular weight excluding hydrogens is 307 g/mol. The highest BCUT2D eigenvalue weighted by Gasteiger charge is 2.51. The summed E-state index contributed by atoms with van der Waals surface area (Å²) in [5.41, 5.74) is 0.795. The number of halogens is 2. The van der Waals surface area contributed by atoms with Gasteiger partial charge in [0.1, 0.15) is 10.1 Å². The molecule has 0 saturated heterocycles. The van der Waals surface area contributed by atoms with Crippen LogP contribution >= 0.6 is 35.0 Å². The number of tetrazole rings is 1. The lowest BCUT2D eigenvalue weighted by molar-refractivity contribution is 0.475. The van der Waals surface area contributed by atoms with Crippen LogP contribution in [0.2, 0.25) is 0 Å². The van der Waals surface area contributed by atoms with Crippen molar-refractivity contribution >= 4 is 35.0 Å². The first kappa shape index (κ1) is 13.0. The van der Waals surface area contributed by atoms with Gasteiger partial charge in [-0.2, -0.15) is 4.68 Å². The van der Waals surface area contributed by atoms with Gasteiger partial charge in [-0.05, 0) is 41.1 Å². The summed E-state index contributed by atoms with van der Waals surface area (Å²) < 4.78 is 1.04. The van der Waals surface area contributed by atoms with E-state index in [4.69, 9.17) is 23.2 Å². The van der Waals surface area contributed by atoms with Crippen molar-refractivity contribution in [2.75, 3.05) is 5.75 Å². The fourth-order valence-electron chi connectivity index (χ4n) is 1.65. The quantitative estimate of drug-likeness (QED) is 0.694. The molecule has 0 amide bonds. The van der Waals surface area contributed by atoms with Gasteiger partial charge in [0.2, 0.25) is 5.16 Å². The summed E-state index contributed by atoms with van der Waals surface area (Å²) in [7, 11) is 0. The van der Waals surface area contributed by atoms with Gasteiger partial charge in [0.15, 0.2) is 0 Å². The lowest BCUT2D eigenvalue weighted by Crippen LogP contribution is -2.00. The lowest BCUT2D eigenvalue weighted by Gasteiger charge is -2.04. The van der Waals surface area contributed by atoms with Crippen LogP contribution in [-0.2, 0) is 0 Å². The van der Waals surface area contributed by atoms with E-state index in [-0.39, 0.29) is 11.7 Å². The molecule has 1 N–H and O–H groups in total. The molecule has 1 saturated carbocycles. The summed E-state index contributed by atoms with van der Waals surface area (Å²) in [5, 5.41) is 21.5. The molecule has 1 unspecified atom stereocenters. The van der Waals surface area contributed by atoms with Crippen LogP contribution in [0.4, 0.5) is 0 Å². The predicted molar refractivity (Wildman–Crippen MR) is 74.1 cm³/mol. The standard InChI is InChI=1S/C11H10Cl2N4OS/c12-11(13)5-7(11)6-19-10-14-15-16-17(10)8-1-3-9(18)4-2-8/h1-4,7,18H,5-6H2. The maximum absolute atomic E-state index is 9.27. The molecule has 0 bridgehead atoms. The van der Waals surface area contributed by atoms with Crippen molar-refractivity contribution in [3.8, 4) is 11.4 Å². The Hall–Kier alpha value is -0.980. The van der Waals surface area contributed by atoms with Gasteiger partial charge in [-0.25, -0.2) is 0 Å². The normalized spacial score (nSPS) is 20.4. The van der Waals surface area contributed by atoms with E-state index in [0.717, 1.165) is 17.9 Å². The van der Waals surface area contributed by atoms with Crippen LogP contribution in [0.25, 0.3) is 5.69 Å². The third-order valence-corrected chi connectivity index (χ3v) is 4.91. The molecule has 1 atom stereocenters. The zero-order valence-corrected chi connectivity index (χ0v) is 12.0. The number of thioether (sulfide) groups is 1. The van der Waals surface area contributed by atoms with E-state index >= 15 is 0 Å². The molecule has 3 rings (SSSR count). The molecule has 0 aliphatic heterocycles. The van der Waals surface area contributed by atoms with Crippen molar-refractivity contribution in [3.63, 3.8) is 0 Å². The average Bonchev–Trinajstić information content (AvgIpc) is 2.79. The minimum Gasteiger partial charge on any atom is -0.508 e. The van der Waals surface area contributed by atoms with Crippen molar-refractivity contribution in [3.05, 3.63) is 24.3 Å². The summed E-state index contributed by atoms with van der Waals surface area (Å²) in [4.78, 5) is 0. The molecule has 2 aromatic rings. The second-order valence-electron chi connectivity index (χ2n) is 4.36. The molecule has 1 aromatic heterocycles. The van der Waals surface area contributed by atoms with Crippen LogP contribution in [0, 0.1) is 5.92 Å². The maximum atomic E-state index is 9.27. The van der Waals surface area contributed by atoms with E-state index in [1.54, 1.807) is 28.9 Å². The highest BCUT2D eigenvalue weighted by atomic mass is 35.5. The Labute approximate surface area is 123 Å². The SMILES string of the molecule is Oc1ccc(-n2nnnc2SCC2CC2(Cl)Cl)cc1. The first-order valence-electron chi connectivity index (χ1n) is 5.65. The molecule has 1 aliphatic rings. The molecule has 0 spiro atoms. The summed E-state index contributed by atoms with van der Waals surface area (Å²) in [6.07, 6.45) is 0.809. The molecule has 1 fully saturated rings. The number of aromatic nitrogens is 4. The second-order valence-corrected chi connectivity index (χ2v) is 6.89. The topological polar surface area (TPSA) is 63.8 Å². The van der Waals surface area contributed by atoms with E-state index in [1.807, 2.05) is 0 Å². The first-order chi connectivity index (χ1) is 9.06. The Bertz CT molecular complexity index is 587. The van der Waals surface area contributed by atoms with Gasteiger partial charge in [0.05, 0.1) is 5.69 Å². The van der Waals surface area contributed by atoms with Gasteiger partial charge in [-0.15, -0.1) is 28.3 Å². The molecule has 100 valence electrons. The van der Waals surface area contributed by atoms with E-state index in [0.29, 0.717) is 5.16 Å². The monoisotopic (exact) mass is 316 g/mol. The van der Waals surface area contributed by atoms with Crippen LogP contribution in [0.5, 0.6) is 5.75 Å². The second kappa shape index (κ2) is 4.85. The first-order valence-corrected chi connectivity index (χ1v) is 7.39. The van der Waals surface area contributed by atoms with E-state index < -0.39 is 4.33 Å². The molecule has 1 heterocycles. The smallest absolute Gasteiger partial charge is 0.214 e. The molecule has 0 radical (unpaired) electrons. The zero-order chi connectivity index (χ0) is 13.5. The molecule has 1 aliphatic carbocycles. The van der Waals surface area contributed by atoms with Gasteiger partial charge in [-0.1, -0.05) is 11.8 Å². The fraction of sp³-hybridized carbons (Fsp3) is 0.364. The molecule has 1 aromatic carbocycles. The molecule has 5 nitrogen and oxygen atoms in total. The average molecular weight is 317 g/mol. The zero-order valence-electron chi connectivity index (χ0n) is 9.70. The van der Waals surface area contributed by atoms with E-state index in [2.05, 4.69) is 15.5 Å². The van der Waals surface area contributed by atoms with Gasteiger partial charge in [0, 0.05) is 11.7 Å². The van der Waals surface area contributed by atoms with Crippen LogP contribution in [0.1, 0.15) is 6.42 Å². The summed E-state index contributed by atoms with van der Waals surface area (Å²) in [6.45, 7) is 0. The Balaban J connectivity index is 1.73. The number of aromatic hydroxyl groups is 1. The third-order valence-electron chi connectivity index (χ3n) is 2.90. The van der Waals surface area contributed by atoms with E-state index in [9.17, 15) is 5.11 Å². The Morgan fingerprint density at radius 2 is 2.05 bits per heavy atom. The van der Waals surface area contributed by atoms with Crippen LogP contribution in [0.15, 0.2) is 29.4 Å². The third kappa shape index (κ3) is 2.80. The van der Waals surface area contributed by atoms with Gasteiger partial charge < -0.3 is 5.11 Å². The van der Waals surface area contributed by atoms with Gasteiger partial charge >= 0.3 is 0 Å². The van der Waals surface area contributed by atoms with Crippen molar-refractivity contribution in [1.29, 1.82) is 0 Å². The summed E-state index contributed by atoms with van der Waals surface area (Å²) in [5.74, 6) is 1.27. The predicted octanol–water partition coefficient (Wildman–Crippen LogP) is 2.65. The highest BCUT2D eigenvalue weighted by Crippen LogP contribution is 2.54. The van der Waals surface area contributed by atoms with Crippen molar-refractivity contribution in [1.82, 2.24) is 20.2 Å². The lowest BCUT2D eigenvalue weighted by atomic mass is 10.3. The molecular formula is C11H10Cl2N4OS. The highest BCUT2D eigenvalue weighted by molar-refractivity contribution is 7.99. The number of phenols is 1. The van der Waals surface area contributed by atoms with Crippen LogP contribution < -0.4 is 0 Å². The van der Waals surface area contributed by atoms with Crippen molar-refractivity contribution in [2.24, 2.45) is 5.92 Å². The van der Waals surface area contributed by atoms with E-state index in [1.165, 1.54) is 11.8 Å². The van der Waals surface area contributed by atoms with Gasteiger partial charge in [-0.3, -0.25) is 0 Å². The number of nitrogens with zero attached hydrogens (tertiary/aromatic N) is 4. The fourth-order valence-corrected chi connectivity index (χ4v) is 3.47. The Morgan fingerprint density at radius 1 is 1.37 bits per heavy atom. The van der Waals surface area contributed by atoms with Crippen molar-refractivity contribution in [2.45, 2.75) is 15.9 Å². The maximum Gasteiger partial charge on any atom is 0.214 e. The summed E-state index contributed by atoms with van der Waals surface area (Å²) >= 11 is 13.5. The Kier molecular flexibility index (Phi) is 3.32. The van der Waals surface area contributed by atoms with Gasteiger partial charge in [0.25, 0.3) is 0 Å².